The number of piperidine rings is 1. The standard InChI is InChI=1S/C11H21N5O2S/c1-3-16-11(13-9-14-16)8-12-10-4-6-15(7-5-10)19(2,17)18/h9-10,12H,3-8H2,1-2H3. The Morgan fingerprint density at radius 2 is 2.11 bits per heavy atom. The lowest BCUT2D eigenvalue weighted by molar-refractivity contribution is 0.287. The molecule has 2 heterocycles. The van der Waals surface area contributed by atoms with Crippen molar-refractivity contribution in [2.45, 2.75) is 38.9 Å². The number of hydrogen-bond acceptors (Lipinski definition) is 5. The first-order chi connectivity index (χ1) is 9.00. The van der Waals surface area contributed by atoms with Gasteiger partial charge in [0.25, 0.3) is 0 Å². The third kappa shape index (κ3) is 3.74. The molecule has 0 amide bonds. The zero-order valence-electron chi connectivity index (χ0n) is 11.4. The van der Waals surface area contributed by atoms with E-state index in [2.05, 4.69) is 15.4 Å². The summed E-state index contributed by atoms with van der Waals surface area (Å²) < 4.78 is 26.2. The van der Waals surface area contributed by atoms with Gasteiger partial charge in [0.15, 0.2) is 0 Å². The highest BCUT2D eigenvalue weighted by Gasteiger charge is 2.24. The lowest BCUT2D eigenvalue weighted by Crippen LogP contribution is -2.44. The summed E-state index contributed by atoms with van der Waals surface area (Å²) in [4.78, 5) is 4.21. The van der Waals surface area contributed by atoms with Gasteiger partial charge in [-0.2, -0.15) is 5.10 Å². The van der Waals surface area contributed by atoms with E-state index in [1.54, 1.807) is 10.6 Å². The van der Waals surface area contributed by atoms with Crippen LogP contribution >= 0.6 is 0 Å². The summed E-state index contributed by atoms with van der Waals surface area (Å²) in [7, 11) is -3.04. The lowest BCUT2D eigenvalue weighted by Gasteiger charge is -2.30. The number of rotatable bonds is 5. The van der Waals surface area contributed by atoms with E-state index in [1.807, 2.05) is 11.6 Å². The van der Waals surface area contributed by atoms with Gasteiger partial charge in [0.2, 0.25) is 10.0 Å². The molecule has 0 radical (unpaired) electrons. The molecule has 1 fully saturated rings. The molecule has 8 heteroatoms. The molecule has 0 bridgehead atoms. The van der Waals surface area contributed by atoms with Crippen molar-refractivity contribution in [3.8, 4) is 0 Å². The molecule has 7 nitrogen and oxygen atoms in total. The maximum atomic E-state index is 11.4. The quantitative estimate of drug-likeness (QED) is 0.812. The third-order valence-corrected chi connectivity index (χ3v) is 4.77. The molecule has 0 unspecified atom stereocenters. The van der Waals surface area contributed by atoms with E-state index in [0.29, 0.717) is 25.7 Å². The average molecular weight is 287 g/mol. The van der Waals surface area contributed by atoms with Crippen LogP contribution in [0.2, 0.25) is 0 Å². The molecule has 1 N–H and O–H groups in total. The Morgan fingerprint density at radius 1 is 1.42 bits per heavy atom. The number of nitrogens with zero attached hydrogens (tertiary/aromatic N) is 4. The fourth-order valence-electron chi connectivity index (χ4n) is 2.32. The lowest BCUT2D eigenvalue weighted by atomic mass is 10.1. The Bertz CT molecular complexity index is 505. The van der Waals surface area contributed by atoms with Crippen LogP contribution in [0.5, 0.6) is 0 Å². The molecule has 0 atom stereocenters. The van der Waals surface area contributed by atoms with E-state index in [0.717, 1.165) is 25.2 Å². The molecule has 1 aliphatic rings. The number of aryl methyl sites for hydroxylation is 1. The molecular formula is C11H21N5O2S. The maximum Gasteiger partial charge on any atom is 0.211 e. The molecule has 0 saturated carbocycles. The normalized spacial score (nSPS) is 18.8. The first-order valence-electron chi connectivity index (χ1n) is 6.56. The van der Waals surface area contributed by atoms with Crippen molar-refractivity contribution in [2.75, 3.05) is 19.3 Å². The highest BCUT2D eigenvalue weighted by atomic mass is 32.2. The Labute approximate surface area is 114 Å². The Hall–Kier alpha value is -0.990. The molecule has 19 heavy (non-hydrogen) atoms. The Kier molecular flexibility index (Phi) is 4.54. The summed E-state index contributed by atoms with van der Waals surface area (Å²) in [6.07, 6.45) is 4.51. The van der Waals surface area contributed by atoms with Crippen LogP contribution in [0.3, 0.4) is 0 Å². The number of hydrogen-bond donors (Lipinski definition) is 1. The van der Waals surface area contributed by atoms with Crippen molar-refractivity contribution >= 4 is 10.0 Å². The number of nitrogens with one attached hydrogen (secondary N) is 1. The van der Waals surface area contributed by atoms with Gasteiger partial charge in [0, 0.05) is 25.7 Å². The molecule has 1 aromatic rings. The van der Waals surface area contributed by atoms with Gasteiger partial charge in [-0.15, -0.1) is 0 Å². The minimum atomic E-state index is -3.04. The second kappa shape index (κ2) is 5.98. The Morgan fingerprint density at radius 3 is 2.68 bits per heavy atom. The van der Waals surface area contributed by atoms with Crippen molar-refractivity contribution < 1.29 is 8.42 Å². The van der Waals surface area contributed by atoms with Gasteiger partial charge in [-0.3, -0.25) is 0 Å². The van der Waals surface area contributed by atoms with Crippen LogP contribution in [0.1, 0.15) is 25.6 Å². The van der Waals surface area contributed by atoms with Crippen LogP contribution in [0.15, 0.2) is 6.33 Å². The fraction of sp³-hybridized carbons (Fsp3) is 0.818. The van der Waals surface area contributed by atoms with Crippen molar-refractivity contribution in [1.82, 2.24) is 24.4 Å². The fourth-order valence-corrected chi connectivity index (χ4v) is 3.19. The van der Waals surface area contributed by atoms with Crippen molar-refractivity contribution in [2.24, 2.45) is 0 Å². The van der Waals surface area contributed by atoms with Crippen molar-refractivity contribution in [3.63, 3.8) is 0 Å². The summed E-state index contributed by atoms with van der Waals surface area (Å²) in [6, 6.07) is 0.347. The predicted octanol–water partition coefficient (Wildman–Crippen LogP) is -0.188. The van der Waals surface area contributed by atoms with Gasteiger partial charge in [-0.1, -0.05) is 0 Å². The van der Waals surface area contributed by atoms with Crippen LogP contribution < -0.4 is 5.32 Å². The van der Waals surface area contributed by atoms with Gasteiger partial charge in [-0.05, 0) is 19.8 Å². The minimum absolute atomic E-state index is 0.347. The highest BCUT2D eigenvalue weighted by molar-refractivity contribution is 7.88. The van der Waals surface area contributed by atoms with Gasteiger partial charge >= 0.3 is 0 Å². The van der Waals surface area contributed by atoms with Gasteiger partial charge in [0.1, 0.15) is 12.2 Å². The Balaban J connectivity index is 1.80. The highest BCUT2D eigenvalue weighted by Crippen LogP contribution is 2.13. The zero-order valence-corrected chi connectivity index (χ0v) is 12.2. The maximum absolute atomic E-state index is 11.4. The predicted molar refractivity (Wildman–Crippen MR) is 72.0 cm³/mol. The zero-order chi connectivity index (χ0) is 13.9. The minimum Gasteiger partial charge on any atom is -0.307 e. The summed E-state index contributed by atoms with van der Waals surface area (Å²) in [5.41, 5.74) is 0. The van der Waals surface area contributed by atoms with Crippen LogP contribution in [-0.2, 0) is 23.1 Å². The molecular weight excluding hydrogens is 266 g/mol. The summed E-state index contributed by atoms with van der Waals surface area (Å²) in [6.45, 7) is 4.71. The average Bonchev–Trinajstić information content (AvgIpc) is 2.83. The number of sulfonamides is 1. The molecule has 0 aliphatic carbocycles. The first kappa shape index (κ1) is 14.4. The van der Waals surface area contributed by atoms with Crippen LogP contribution in [0, 0.1) is 0 Å². The van der Waals surface area contributed by atoms with E-state index in [9.17, 15) is 8.42 Å². The molecule has 0 aromatic carbocycles. The van der Waals surface area contributed by atoms with Gasteiger partial charge < -0.3 is 5.32 Å². The van der Waals surface area contributed by atoms with Crippen LogP contribution in [-0.4, -0.2) is 52.9 Å². The molecule has 1 aliphatic heterocycles. The van der Waals surface area contributed by atoms with Crippen molar-refractivity contribution in [3.05, 3.63) is 12.2 Å². The van der Waals surface area contributed by atoms with E-state index in [4.69, 9.17) is 0 Å². The molecule has 1 aromatic heterocycles. The molecule has 108 valence electrons. The largest absolute Gasteiger partial charge is 0.307 e. The van der Waals surface area contributed by atoms with E-state index < -0.39 is 10.0 Å². The molecule has 1 saturated heterocycles. The van der Waals surface area contributed by atoms with Crippen molar-refractivity contribution in [1.29, 1.82) is 0 Å². The van der Waals surface area contributed by atoms with Gasteiger partial charge in [-0.25, -0.2) is 22.4 Å². The van der Waals surface area contributed by atoms with Gasteiger partial charge in [0.05, 0.1) is 12.8 Å². The smallest absolute Gasteiger partial charge is 0.211 e. The second-order valence-electron chi connectivity index (χ2n) is 4.81. The summed E-state index contributed by atoms with van der Waals surface area (Å²) >= 11 is 0. The topological polar surface area (TPSA) is 80.1 Å². The van der Waals surface area contributed by atoms with E-state index in [-0.39, 0.29) is 0 Å². The second-order valence-corrected chi connectivity index (χ2v) is 6.79. The number of aromatic nitrogens is 3. The molecule has 0 spiro atoms. The monoisotopic (exact) mass is 287 g/mol. The first-order valence-corrected chi connectivity index (χ1v) is 8.40. The third-order valence-electron chi connectivity index (χ3n) is 3.47. The summed E-state index contributed by atoms with van der Waals surface area (Å²) in [5.74, 6) is 0.924. The SMILES string of the molecule is CCn1ncnc1CNC1CCN(S(C)(=O)=O)CC1. The molecule has 2 rings (SSSR count). The van der Waals surface area contributed by atoms with E-state index >= 15 is 0 Å². The van der Waals surface area contributed by atoms with Crippen LogP contribution in [0.25, 0.3) is 0 Å². The summed E-state index contributed by atoms with van der Waals surface area (Å²) in [5, 5.41) is 7.55. The van der Waals surface area contributed by atoms with Crippen LogP contribution in [0.4, 0.5) is 0 Å². The van der Waals surface area contributed by atoms with E-state index in [1.165, 1.54) is 6.26 Å².